The molecule has 6 nitrogen and oxygen atoms in total. The van der Waals surface area contributed by atoms with E-state index in [9.17, 15) is 9.18 Å². The van der Waals surface area contributed by atoms with Crippen LogP contribution < -0.4 is 20.7 Å². The molecule has 26 heavy (non-hydrogen) atoms. The number of aliphatic imine (C=N–C) groups is 1. The van der Waals surface area contributed by atoms with Gasteiger partial charge in [-0.15, -0.1) is 0 Å². The lowest BCUT2D eigenvalue weighted by atomic mass is 10.2. The Hall–Kier alpha value is -3.09. The maximum Gasteiger partial charge on any atom is 0.239 e. The van der Waals surface area contributed by atoms with Crippen LogP contribution in [0.1, 0.15) is 11.1 Å². The number of methoxy groups -OCH3 is 1. The summed E-state index contributed by atoms with van der Waals surface area (Å²) < 4.78 is 18.7. The molecule has 0 aliphatic rings. The van der Waals surface area contributed by atoms with Crippen LogP contribution in [0.25, 0.3) is 0 Å². The first-order chi connectivity index (χ1) is 12.6. The Labute approximate surface area is 152 Å². The second kappa shape index (κ2) is 10.0. The predicted octanol–water partition coefficient (Wildman–Crippen LogP) is 1.82. The first-order valence-electron chi connectivity index (χ1n) is 8.20. The van der Waals surface area contributed by atoms with Gasteiger partial charge in [-0.05, 0) is 23.8 Å². The largest absolute Gasteiger partial charge is 0.497 e. The molecule has 1 amide bonds. The van der Waals surface area contributed by atoms with Gasteiger partial charge >= 0.3 is 0 Å². The second-order valence-corrected chi connectivity index (χ2v) is 5.50. The van der Waals surface area contributed by atoms with Crippen LogP contribution in [0.2, 0.25) is 0 Å². The fourth-order valence-corrected chi connectivity index (χ4v) is 2.21. The van der Waals surface area contributed by atoms with Crippen molar-refractivity contribution in [3.05, 3.63) is 65.5 Å². The molecule has 2 rings (SSSR count). The SMILES string of the molecule is CN=C(NCC(=O)NCc1ccc(OC)cc1)NCc1ccccc1F. The van der Waals surface area contributed by atoms with Gasteiger partial charge in [0.05, 0.1) is 13.7 Å². The summed E-state index contributed by atoms with van der Waals surface area (Å²) in [6.45, 7) is 0.763. The summed E-state index contributed by atoms with van der Waals surface area (Å²) in [5, 5.41) is 8.68. The highest BCUT2D eigenvalue weighted by Gasteiger charge is 2.05. The highest BCUT2D eigenvalue weighted by molar-refractivity contribution is 5.86. The van der Waals surface area contributed by atoms with E-state index in [2.05, 4.69) is 20.9 Å². The van der Waals surface area contributed by atoms with E-state index in [1.54, 1.807) is 32.4 Å². The number of ether oxygens (including phenoxy) is 1. The standard InChI is InChI=1S/C19H23FN4O2/c1-21-19(23-12-15-5-3-4-6-17(15)20)24-13-18(25)22-11-14-7-9-16(26-2)10-8-14/h3-10H,11-13H2,1-2H3,(H,22,25)(H2,21,23,24). The van der Waals surface area contributed by atoms with Crippen molar-refractivity contribution in [3.63, 3.8) is 0 Å². The maximum absolute atomic E-state index is 13.6. The third kappa shape index (κ3) is 6.08. The van der Waals surface area contributed by atoms with Crippen molar-refractivity contribution in [1.29, 1.82) is 0 Å². The average Bonchev–Trinajstić information content (AvgIpc) is 2.68. The summed E-state index contributed by atoms with van der Waals surface area (Å²) >= 11 is 0. The minimum atomic E-state index is -0.285. The number of nitrogens with zero attached hydrogens (tertiary/aromatic N) is 1. The number of halogens is 1. The van der Waals surface area contributed by atoms with E-state index in [1.165, 1.54) is 6.07 Å². The summed E-state index contributed by atoms with van der Waals surface area (Å²) in [4.78, 5) is 16.0. The predicted molar refractivity (Wildman–Crippen MR) is 99.4 cm³/mol. The van der Waals surface area contributed by atoms with Crippen LogP contribution >= 0.6 is 0 Å². The van der Waals surface area contributed by atoms with Crippen molar-refractivity contribution in [2.75, 3.05) is 20.7 Å². The summed E-state index contributed by atoms with van der Waals surface area (Å²) in [7, 11) is 3.20. The number of carbonyl (C=O) groups is 1. The van der Waals surface area contributed by atoms with Gasteiger partial charge in [0.1, 0.15) is 11.6 Å². The lowest BCUT2D eigenvalue weighted by Crippen LogP contribution is -2.42. The summed E-state index contributed by atoms with van der Waals surface area (Å²) in [6, 6.07) is 14.0. The van der Waals surface area contributed by atoms with Crippen molar-refractivity contribution in [2.24, 2.45) is 4.99 Å². The third-order valence-corrected chi connectivity index (χ3v) is 3.69. The summed E-state index contributed by atoms with van der Waals surface area (Å²) in [6.07, 6.45) is 0. The molecule has 0 fully saturated rings. The first kappa shape index (κ1) is 19.2. The van der Waals surface area contributed by atoms with E-state index in [0.29, 0.717) is 18.1 Å². The Morgan fingerprint density at radius 2 is 1.77 bits per heavy atom. The van der Waals surface area contributed by atoms with Crippen LogP contribution in [0.4, 0.5) is 4.39 Å². The van der Waals surface area contributed by atoms with Gasteiger partial charge in [-0.1, -0.05) is 30.3 Å². The molecule has 0 heterocycles. The number of benzene rings is 2. The molecule has 0 aliphatic heterocycles. The van der Waals surface area contributed by atoms with E-state index in [1.807, 2.05) is 24.3 Å². The topological polar surface area (TPSA) is 74.8 Å². The van der Waals surface area contributed by atoms with Gasteiger partial charge in [0.25, 0.3) is 0 Å². The molecule has 2 aromatic carbocycles. The number of rotatable bonds is 7. The number of carbonyl (C=O) groups excluding carboxylic acids is 1. The van der Waals surface area contributed by atoms with Gasteiger partial charge in [-0.25, -0.2) is 4.39 Å². The molecule has 0 atom stereocenters. The van der Waals surface area contributed by atoms with Crippen LogP contribution in [-0.4, -0.2) is 32.6 Å². The quantitative estimate of drug-likeness (QED) is 0.521. The lowest BCUT2D eigenvalue weighted by molar-refractivity contribution is -0.120. The van der Waals surface area contributed by atoms with E-state index in [4.69, 9.17) is 4.74 Å². The second-order valence-electron chi connectivity index (χ2n) is 5.50. The maximum atomic E-state index is 13.6. The molecule has 0 aromatic heterocycles. The van der Waals surface area contributed by atoms with Crippen molar-refractivity contribution in [2.45, 2.75) is 13.1 Å². The molecular weight excluding hydrogens is 335 g/mol. The monoisotopic (exact) mass is 358 g/mol. The molecule has 0 radical (unpaired) electrons. The molecule has 0 saturated heterocycles. The van der Waals surface area contributed by atoms with Gasteiger partial charge in [-0.2, -0.15) is 0 Å². The van der Waals surface area contributed by atoms with Gasteiger partial charge in [0.15, 0.2) is 5.96 Å². The Morgan fingerprint density at radius 3 is 2.42 bits per heavy atom. The number of guanidine groups is 1. The highest BCUT2D eigenvalue weighted by atomic mass is 19.1. The Balaban J connectivity index is 1.73. The molecule has 2 aromatic rings. The first-order valence-corrected chi connectivity index (χ1v) is 8.20. The normalized spacial score (nSPS) is 11.0. The van der Waals surface area contributed by atoms with Crippen LogP contribution in [0.15, 0.2) is 53.5 Å². The van der Waals surface area contributed by atoms with Crippen LogP contribution in [0.5, 0.6) is 5.75 Å². The minimum absolute atomic E-state index is 0.0626. The number of hydrogen-bond donors (Lipinski definition) is 3. The van der Waals surface area contributed by atoms with Crippen LogP contribution in [0, 0.1) is 5.82 Å². The minimum Gasteiger partial charge on any atom is -0.497 e. The zero-order valence-corrected chi connectivity index (χ0v) is 14.9. The van der Waals surface area contributed by atoms with E-state index >= 15 is 0 Å². The average molecular weight is 358 g/mol. The van der Waals surface area contributed by atoms with Crippen LogP contribution in [0.3, 0.4) is 0 Å². The van der Waals surface area contributed by atoms with Gasteiger partial charge < -0.3 is 20.7 Å². The van der Waals surface area contributed by atoms with Gasteiger partial charge in [-0.3, -0.25) is 9.79 Å². The third-order valence-electron chi connectivity index (χ3n) is 3.69. The molecule has 138 valence electrons. The number of hydrogen-bond acceptors (Lipinski definition) is 3. The highest BCUT2D eigenvalue weighted by Crippen LogP contribution is 2.10. The zero-order chi connectivity index (χ0) is 18.8. The molecule has 0 spiro atoms. The fourth-order valence-electron chi connectivity index (χ4n) is 2.21. The van der Waals surface area contributed by atoms with Crippen molar-refractivity contribution < 1.29 is 13.9 Å². The van der Waals surface area contributed by atoms with Crippen molar-refractivity contribution in [3.8, 4) is 5.75 Å². The molecule has 0 aliphatic carbocycles. The number of nitrogens with one attached hydrogen (secondary N) is 3. The molecular formula is C19H23FN4O2. The molecule has 0 saturated carbocycles. The van der Waals surface area contributed by atoms with Crippen molar-refractivity contribution in [1.82, 2.24) is 16.0 Å². The molecule has 7 heteroatoms. The molecule has 0 bridgehead atoms. The van der Waals surface area contributed by atoms with E-state index < -0.39 is 0 Å². The van der Waals surface area contributed by atoms with Gasteiger partial charge in [0, 0.05) is 25.7 Å². The summed E-state index contributed by atoms with van der Waals surface area (Å²) in [5.41, 5.74) is 1.50. The van der Waals surface area contributed by atoms with Crippen molar-refractivity contribution >= 4 is 11.9 Å². The van der Waals surface area contributed by atoms with E-state index in [0.717, 1.165) is 11.3 Å². The van der Waals surface area contributed by atoms with Gasteiger partial charge in [0.2, 0.25) is 5.91 Å². The van der Waals surface area contributed by atoms with E-state index in [-0.39, 0.29) is 24.8 Å². The lowest BCUT2D eigenvalue weighted by Gasteiger charge is -2.12. The Bertz CT molecular complexity index is 747. The fraction of sp³-hybridized carbons (Fsp3) is 0.263. The molecule has 3 N–H and O–H groups in total. The van der Waals surface area contributed by atoms with Crippen LogP contribution in [-0.2, 0) is 17.9 Å². The Morgan fingerprint density at radius 1 is 1.04 bits per heavy atom. The molecule has 0 unspecified atom stereocenters. The summed E-state index contributed by atoms with van der Waals surface area (Å²) in [5.74, 6) is 0.738. The number of amides is 1. The smallest absolute Gasteiger partial charge is 0.239 e. The Kier molecular flexibility index (Phi) is 7.42. The zero-order valence-electron chi connectivity index (χ0n) is 14.9.